The molecule has 0 spiro atoms. The van der Waals surface area contributed by atoms with Crippen molar-refractivity contribution in [2.45, 2.75) is 30.6 Å². The fourth-order valence-corrected chi connectivity index (χ4v) is 2.26. The van der Waals surface area contributed by atoms with Crippen molar-refractivity contribution in [3.63, 3.8) is 0 Å². The van der Waals surface area contributed by atoms with Gasteiger partial charge < -0.3 is 0 Å². The second-order valence-electron chi connectivity index (χ2n) is 3.56. The van der Waals surface area contributed by atoms with Gasteiger partial charge in [0, 0.05) is 4.90 Å². The first-order valence-corrected chi connectivity index (χ1v) is 6.41. The van der Waals surface area contributed by atoms with Gasteiger partial charge in [0.25, 0.3) is 0 Å². The first-order chi connectivity index (χ1) is 7.74. The molecule has 0 aliphatic carbocycles. The van der Waals surface area contributed by atoms with E-state index in [0.29, 0.717) is 0 Å². The number of benzene rings is 1. The SMILES string of the molecule is C=CCCCCCSc1ccc(F)c(F)c1. The summed E-state index contributed by atoms with van der Waals surface area (Å²) in [5.41, 5.74) is 0. The molecule has 1 rings (SSSR count). The van der Waals surface area contributed by atoms with E-state index in [4.69, 9.17) is 0 Å². The molecule has 1 aromatic rings. The fourth-order valence-electron chi connectivity index (χ4n) is 1.32. The lowest BCUT2D eigenvalue weighted by Gasteiger charge is -2.02. The van der Waals surface area contributed by atoms with Crippen LogP contribution in [-0.4, -0.2) is 5.75 Å². The molecule has 0 unspecified atom stereocenters. The summed E-state index contributed by atoms with van der Waals surface area (Å²) in [6, 6.07) is 4.05. The highest BCUT2D eigenvalue weighted by molar-refractivity contribution is 7.99. The zero-order valence-electron chi connectivity index (χ0n) is 9.22. The van der Waals surface area contributed by atoms with E-state index in [-0.39, 0.29) is 0 Å². The van der Waals surface area contributed by atoms with Crippen LogP contribution in [0.3, 0.4) is 0 Å². The van der Waals surface area contributed by atoms with Crippen molar-refractivity contribution in [3.05, 3.63) is 42.5 Å². The van der Waals surface area contributed by atoms with Gasteiger partial charge in [-0.3, -0.25) is 0 Å². The third kappa shape index (κ3) is 4.79. The molecule has 0 aromatic heterocycles. The highest BCUT2D eigenvalue weighted by Crippen LogP contribution is 2.21. The highest BCUT2D eigenvalue weighted by Gasteiger charge is 2.02. The zero-order chi connectivity index (χ0) is 11.8. The molecule has 16 heavy (non-hydrogen) atoms. The summed E-state index contributed by atoms with van der Waals surface area (Å²) >= 11 is 1.57. The standard InChI is InChI=1S/C13H16F2S/c1-2-3-4-5-6-9-16-11-7-8-12(14)13(15)10-11/h2,7-8,10H,1,3-6,9H2. The van der Waals surface area contributed by atoms with Gasteiger partial charge in [0.15, 0.2) is 11.6 Å². The van der Waals surface area contributed by atoms with Crippen LogP contribution >= 0.6 is 11.8 Å². The first-order valence-electron chi connectivity index (χ1n) is 5.43. The molecule has 0 nitrogen and oxygen atoms in total. The van der Waals surface area contributed by atoms with Gasteiger partial charge in [-0.25, -0.2) is 8.78 Å². The summed E-state index contributed by atoms with van der Waals surface area (Å²) in [5, 5.41) is 0. The Hall–Kier alpha value is -0.830. The molecule has 88 valence electrons. The molecule has 0 amide bonds. The maximum absolute atomic E-state index is 12.9. The maximum atomic E-state index is 12.9. The third-order valence-electron chi connectivity index (χ3n) is 2.21. The predicted molar refractivity (Wildman–Crippen MR) is 65.7 cm³/mol. The normalized spacial score (nSPS) is 10.4. The van der Waals surface area contributed by atoms with Gasteiger partial charge >= 0.3 is 0 Å². The summed E-state index contributed by atoms with van der Waals surface area (Å²) < 4.78 is 25.5. The van der Waals surface area contributed by atoms with E-state index in [0.717, 1.165) is 36.3 Å². The molecule has 1 aromatic carbocycles. The molecule has 0 N–H and O–H groups in total. The molecule has 0 aliphatic heterocycles. The summed E-state index contributed by atoms with van der Waals surface area (Å²) in [4.78, 5) is 0.794. The quantitative estimate of drug-likeness (QED) is 0.376. The number of hydrogen-bond acceptors (Lipinski definition) is 1. The maximum Gasteiger partial charge on any atom is 0.159 e. The van der Waals surface area contributed by atoms with Crippen LogP contribution in [0.15, 0.2) is 35.7 Å². The summed E-state index contributed by atoms with van der Waals surface area (Å²) in [5.74, 6) is -0.602. The first kappa shape index (κ1) is 13.2. The molecule has 0 saturated carbocycles. The van der Waals surface area contributed by atoms with Crippen molar-refractivity contribution in [1.82, 2.24) is 0 Å². The van der Waals surface area contributed by atoms with E-state index in [1.807, 2.05) is 6.08 Å². The van der Waals surface area contributed by atoms with Gasteiger partial charge in [0.2, 0.25) is 0 Å². The zero-order valence-corrected chi connectivity index (χ0v) is 10.0. The van der Waals surface area contributed by atoms with Gasteiger partial charge in [-0.2, -0.15) is 0 Å². The molecule has 0 bridgehead atoms. The molecular formula is C13H16F2S. The van der Waals surface area contributed by atoms with Crippen molar-refractivity contribution in [1.29, 1.82) is 0 Å². The lowest BCUT2D eigenvalue weighted by molar-refractivity contribution is 0.506. The number of halogens is 2. The van der Waals surface area contributed by atoms with Gasteiger partial charge in [0.05, 0.1) is 0 Å². The third-order valence-corrected chi connectivity index (χ3v) is 3.29. The van der Waals surface area contributed by atoms with Crippen molar-refractivity contribution in [2.24, 2.45) is 0 Å². The Labute approximate surface area is 99.8 Å². The van der Waals surface area contributed by atoms with Crippen LogP contribution in [0.4, 0.5) is 8.78 Å². The molecule has 0 aliphatic rings. The van der Waals surface area contributed by atoms with Crippen LogP contribution in [0.1, 0.15) is 25.7 Å². The topological polar surface area (TPSA) is 0 Å². The van der Waals surface area contributed by atoms with E-state index in [1.165, 1.54) is 12.1 Å². The van der Waals surface area contributed by atoms with Crippen LogP contribution < -0.4 is 0 Å². The van der Waals surface area contributed by atoms with Crippen LogP contribution in [-0.2, 0) is 0 Å². The largest absolute Gasteiger partial charge is 0.204 e. The molecule has 3 heteroatoms. The van der Waals surface area contributed by atoms with Gasteiger partial charge in [-0.1, -0.05) is 12.5 Å². The average Bonchev–Trinajstić information content (AvgIpc) is 2.28. The fraction of sp³-hybridized carbons (Fsp3) is 0.385. The average molecular weight is 242 g/mol. The van der Waals surface area contributed by atoms with E-state index in [1.54, 1.807) is 17.8 Å². The van der Waals surface area contributed by atoms with Gasteiger partial charge in [-0.15, -0.1) is 18.3 Å². The minimum absolute atomic E-state index is 0.767. The van der Waals surface area contributed by atoms with Crippen molar-refractivity contribution < 1.29 is 8.78 Å². The van der Waals surface area contributed by atoms with Crippen molar-refractivity contribution in [3.8, 4) is 0 Å². The Morgan fingerprint density at radius 1 is 1.12 bits per heavy atom. The molecule has 0 saturated heterocycles. The van der Waals surface area contributed by atoms with E-state index < -0.39 is 11.6 Å². The van der Waals surface area contributed by atoms with E-state index >= 15 is 0 Å². The van der Waals surface area contributed by atoms with Crippen LogP contribution in [0.5, 0.6) is 0 Å². The summed E-state index contributed by atoms with van der Waals surface area (Å²) in [6.45, 7) is 3.66. The Balaban J connectivity index is 2.21. The Kier molecular flexibility index (Phi) is 6.16. The summed E-state index contributed by atoms with van der Waals surface area (Å²) in [7, 11) is 0. The second-order valence-corrected chi connectivity index (χ2v) is 4.73. The number of rotatable bonds is 7. The minimum Gasteiger partial charge on any atom is -0.204 e. The lowest BCUT2D eigenvalue weighted by Crippen LogP contribution is -1.85. The number of hydrogen-bond donors (Lipinski definition) is 0. The van der Waals surface area contributed by atoms with Gasteiger partial charge in [0.1, 0.15) is 0 Å². The molecular weight excluding hydrogens is 226 g/mol. The van der Waals surface area contributed by atoms with Crippen LogP contribution in [0, 0.1) is 11.6 Å². The highest BCUT2D eigenvalue weighted by atomic mass is 32.2. The Morgan fingerprint density at radius 2 is 1.94 bits per heavy atom. The number of unbranched alkanes of at least 4 members (excludes halogenated alkanes) is 3. The molecule has 0 atom stereocenters. The Morgan fingerprint density at radius 3 is 2.62 bits per heavy atom. The monoisotopic (exact) mass is 242 g/mol. The smallest absolute Gasteiger partial charge is 0.159 e. The van der Waals surface area contributed by atoms with Crippen LogP contribution in [0.25, 0.3) is 0 Å². The predicted octanol–water partition coefficient (Wildman–Crippen LogP) is 4.80. The Bertz CT molecular complexity index is 337. The van der Waals surface area contributed by atoms with Crippen molar-refractivity contribution in [2.75, 3.05) is 5.75 Å². The van der Waals surface area contributed by atoms with E-state index in [9.17, 15) is 8.78 Å². The van der Waals surface area contributed by atoms with Gasteiger partial charge in [-0.05, 0) is 43.2 Å². The molecule has 0 fully saturated rings. The number of allylic oxidation sites excluding steroid dienone is 1. The summed E-state index contributed by atoms with van der Waals surface area (Å²) in [6.07, 6.45) is 6.38. The lowest BCUT2D eigenvalue weighted by atomic mass is 10.2. The molecule has 0 radical (unpaired) electrons. The number of thioether (sulfide) groups is 1. The second kappa shape index (κ2) is 7.44. The van der Waals surface area contributed by atoms with Crippen molar-refractivity contribution >= 4 is 11.8 Å². The van der Waals surface area contributed by atoms with E-state index in [2.05, 4.69) is 6.58 Å². The minimum atomic E-state index is -0.782. The van der Waals surface area contributed by atoms with Crippen LogP contribution in [0.2, 0.25) is 0 Å². The molecule has 0 heterocycles.